The molecule has 2 fully saturated rings. The molecule has 0 spiro atoms. The molecule has 1 saturated carbocycles. The Morgan fingerprint density at radius 1 is 1.13 bits per heavy atom. The second-order valence-corrected chi connectivity index (χ2v) is 8.49. The van der Waals surface area contributed by atoms with E-state index in [0.29, 0.717) is 35.6 Å². The summed E-state index contributed by atoms with van der Waals surface area (Å²) in [7, 11) is 0. The van der Waals surface area contributed by atoms with Crippen molar-refractivity contribution < 1.29 is 22.8 Å². The predicted octanol–water partition coefficient (Wildman–Crippen LogP) is 3.26. The van der Waals surface area contributed by atoms with Gasteiger partial charge >= 0.3 is 6.18 Å². The highest BCUT2D eigenvalue weighted by molar-refractivity contribution is 7.17. The van der Waals surface area contributed by atoms with Crippen LogP contribution in [-0.4, -0.2) is 54.4 Å². The molecular formula is C20H21F3N4O2S. The minimum absolute atomic E-state index is 0.136. The van der Waals surface area contributed by atoms with E-state index in [4.69, 9.17) is 0 Å². The van der Waals surface area contributed by atoms with Crippen molar-refractivity contribution in [3.8, 4) is 0 Å². The van der Waals surface area contributed by atoms with Crippen LogP contribution in [0.3, 0.4) is 0 Å². The number of alkyl halides is 3. The molecule has 1 aliphatic heterocycles. The highest BCUT2D eigenvalue weighted by atomic mass is 32.1. The normalized spacial score (nSPS) is 17.2. The van der Waals surface area contributed by atoms with Crippen molar-refractivity contribution in [1.82, 2.24) is 15.2 Å². The van der Waals surface area contributed by atoms with Gasteiger partial charge in [0.25, 0.3) is 11.8 Å². The van der Waals surface area contributed by atoms with Crippen LogP contribution in [-0.2, 0) is 6.18 Å². The average molecular weight is 438 g/mol. The van der Waals surface area contributed by atoms with Crippen LogP contribution in [0.15, 0.2) is 30.5 Å². The fourth-order valence-corrected chi connectivity index (χ4v) is 4.23. The van der Waals surface area contributed by atoms with Crippen LogP contribution in [0.5, 0.6) is 0 Å². The third-order valence-corrected chi connectivity index (χ3v) is 6.32. The van der Waals surface area contributed by atoms with Crippen molar-refractivity contribution in [3.05, 3.63) is 46.5 Å². The zero-order valence-electron chi connectivity index (χ0n) is 16.1. The van der Waals surface area contributed by atoms with Gasteiger partial charge in [-0.3, -0.25) is 9.59 Å². The highest BCUT2D eigenvalue weighted by Gasteiger charge is 2.36. The Morgan fingerprint density at radius 3 is 2.50 bits per heavy atom. The summed E-state index contributed by atoms with van der Waals surface area (Å²) in [5.74, 6) is -0.167. The van der Waals surface area contributed by atoms with Gasteiger partial charge in [0.15, 0.2) is 5.13 Å². The quantitative estimate of drug-likeness (QED) is 0.778. The summed E-state index contributed by atoms with van der Waals surface area (Å²) >= 11 is 1.28. The number of hydrogen-bond acceptors (Lipinski definition) is 5. The number of thiazole rings is 1. The van der Waals surface area contributed by atoms with Crippen molar-refractivity contribution >= 4 is 28.3 Å². The molecule has 10 heteroatoms. The van der Waals surface area contributed by atoms with Crippen LogP contribution in [0.4, 0.5) is 18.3 Å². The molecule has 2 amide bonds. The second kappa shape index (κ2) is 8.25. The summed E-state index contributed by atoms with van der Waals surface area (Å²) in [6, 6.07) is 4.85. The van der Waals surface area contributed by atoms with E-state index in [1.54, 1.807) is 6.20 Å². The van der Waals surface area contributed by atoms with Gasteiger partial charge in [-0.25, -0.2) is 4.98 Å². The van der Waals surface area contributed by atoms with Gasteiger partial charge in [-0.15, -0.1) is 0 Å². The van der Waals surface area contributed by atoms with Crippen molar-refractivity contribution in [1.29, 1.82) is 0 Å². The molecule has 1 saturated heterocycles. The number of carbonyl (C=O) groups excluding carboxylic acids is 2. The molecule has 30 heavy (non-hydrogen) atoms. The molecule has 0 bridgehead atoms. The summed E-state index contributed by atoms with van der Waals surface area (Å²) in [6.07, 6.45) is -0.722. The Hall–Kier alpha value is -2.62. The molecule has 0 atom stereocenters. The molecule has 1 aliphatic carbocycles. The van der Waals surface area contributed by atoms with Crippen molar-refractivity contribution in [2.75, 3.05) is 37.6 Å². The van der Waals surface area contributed by atoms with E-state index >= 15 is 0 Å². The largest absolute Gasteiger partial charge is 0.417 e. The monoisotopic (exact) mass is 438 g/mol. The minimum Gasteiger partial charge on any atom is -0.351 e. The number of rotatable bonds is 5. The van der Waals surface area contributed by atoms with Gasteiger partial charge in [0, 0.05) is 32.7 Å². The zero-order valence-corrected chi connectivity index (χ0v) is 16.9. The number of piperazine rings is 1. The number of amides is 2. The van der Waals surface area contributed by atoms with Crippen LogP contribution >= 0.6 is 11.3 Å². The van der Waals surface area contributed by atoms with Crippen molar-refractivity contribution in [2.45, 2.75) is 19.0 Å². The number of nitrogens with one attached hydrogen (secondary N) is 1. The number of anilines is 1. The number of halogens is 3. The van der Waals surface area contributed by atoms with Gasteiger partial charge in [0.2, 0.25) is 0 Å². The minimum atomic E-state index is -4.58. The van der Waals surface area contributed by atoms with E-state index in [0.717, 1.165) is 18.9 Å². The molecule has 6 nitrogen and oxygen atoms in total. The molecule has 1 aromatic carbocycles. The Bertz CT molecular complexity index is 934. The fraction of sp³-hybridized carbons (Fsp3) is 0.450. The Kier molecular flexibility index (Phi) is 5.68. The van der Waals surface area contributed by atoms with Gasteiger partial charge in [-0.05, 0) is 30.9 Å². The molecule has 2 heterocycles. The third kappa shape index (κ3) is 4.58. The van der Waals surface area contributed by atoms with Gasteiger partial charge in [0.05, 0.1) is 17.3 Å². The predicted molar refractivity (Wildman–Crippen MR) is 107 cm³/mol. The zero-order chi connectivity index (χ0) is 21.3. The smallest absolute Gasteiger partial charge is 0.351 e. The fourth-order valence-electron chi connectivity index (χ4n) is 3.35. The second-order valence-electron chi connectivity index (χ2n) is 7.48. The van der Waals surface area contributed by atoms with E-state index in [-0.39, 0.29) is 24.6 Å². The summed E-state index contributed by atoms with van der Waals surface area (Å²) in [6.45, 7) is 2.14. The first-order valence-corrected chi connectivity index (χ1v) is 10.6. The first kappa shape index (κ1) is 20.6. The van der Waals surface area contributed by atoms with Crippen LogP contribution < -0.4 is 10.2 Å². The number of carbonyl (C=O) groups is 2. The van der Waals surface area contributed by atoms with Crippen molar-refractivity contribution in [3.63, 3.8) is 0 Å². The van der Waals surface area contributed by atoms with Crippen molar-refractivity contribution in [2.24, 2.45) is 5.92 Å². The van der Waals surface area contributed by atoms with E-state index in [1.807, 2.05) is 4.90 Å². The molecule has 0 radical (unpaired) electrons. The van der Waals surface area contributed by atoms with Gasteiger partial charge in [-0.2, -0.15) is 13.2 Å². The third-order valence-electron chi connectivity index (χ3n) is 5.27. The van der Waals surface area contributed by atoms with E-state index in [9.17, 15) is 22.8 Å². The van der Waals surface area contributed by atoms with Crippen LogP contribution in [0.1, 0.15) is 38.4 Å². The van der Waals surface area contributed by atoms with Gasteiger partial charge in [0.1, 0.15) is 4.88 Å². The lowest BCUT2D eigenvalue weighted by molar-refractivity contribution is -0.138. The van der Waals surface area contributed by atoms with Crippen LogP contribution in [0, 0.1) is 5.92 Å². The maximum Gasteiger partial charge on any atom is 0.417 e. The van der Waals surface area contributed by atoms with E-state index < -0.39 is 17.6 Å². The molecule has 1 aromatic heterocycles. The number of benzene rings is 1. The molecule has 1 N–H and O–H groups in total. The topological polar surface area (TPSA) is 65.5 Å². The Balaban J connectivity index is 1.36. The van der Waals surface area contributed by atoms with Crippen LogP contribution in [0.2, 0.25) is 0 Å². The number of aromatic nitrogens is 1. The average Bonchev–Trinajstić information content (AvgIpc) is 3.44. The van der Waals surface area contributed by atoms with Gasteiger partial charge < -0.3 is 15.1 Å². The summed E-state index contributed by atoms with van der Waals surface area (Å²) in [4.78, 5) is 33.1. The summed E-state index contributed by atoms with van der Waals surface area (Å²) in [5, 5.41) is 3.58. The Morgan fingerprint density at radius 2 is 1.83 bits per heavy atom. The molecule has 160 valence electrons. The molecule has 2 aliphatic rings. The maximum absolute atomic E-state index is 13.2. The first-order chi connectivity index (χ1) is 14.3. The first-order valence-electron chi connectivity index (χ1n) is 9.77. The maximum atomic E-state index is 13.2. The molecule has 2 aromatic rings. The molecular weight excluding hydrogens is 417 g/mol. The molecule has 0 unspecified atom stereocenters. The lowest BCUT2D eigenvalue weighted by Gasteiger charge is -2.35. The van der Waals surface area contributed by atoms with E-state index in [2.05, 4.69) is 10.3 Å². The summed E-state index contributed by atoms with van der Waals surface area (Å²) < 4.78 is 39.6. The van der Waals surface area contributed by atoms with Crippen LogP contribution in [0.25, 0.3) is 0 Å². The van der Waals surface area contributed by atoms with Gasteiger partial charge in [-0.1, -0.05) is 23.5 Å². The lowest BCUT2D eigenvalue weighted by atomic mass is 10.1. The number of nitrogens with zero attached hydrogens (tertiary/aromatic N) is 3. The molecule has 4 rings (SSSR count). The number of hydrogen-bond donors (Lipinski definition) is 1. The van der Waals surface area contributed by atoms with E-state index in [1.165, 1.54) is 34.4 Å². The highest BCUT2D eigenvalue weighted by Crippen LogP contribution is 2.33. The Labute approximate surface area is 175 Å². The summed E-state index contributed by atoms with van der Waals surface area (Å²) in [5.41, 5.74) is -1.25. The lowest BCUT2D eigenvalue weighted by Crippen LogP contribution is -2.49. The standard InChI is InChI=1S/C20H21F3N4O2S/c21-20(22,23)15-4-2-1-3-14(15)18(29)26-7-9-27(10-8-26)19-25-12-16(30-19)17(28)24-11-13-5-6-13/h1-4,12-13H,5-11H2,(H,24,28). The SMILES string of the molecule is O=C(NCC1CC1)c1cnc(N2CCN(C(=O)c3ccccc3C(F)(F)F)CC2)s1.